The van der Waals surface area contributed by atoms with Crippen LogP contribution in [0.5, 0.6) is 0 Å². The van der Waals surface area contributed by atoms with Gasteiger partial charge in [0.05, 0.1) is 16.3 Å². The monoisotopic (exact) mass is 405 g/mol. The van der Waals surface area contributed by atoms with Crippen LogP contribution in [0.4, 0.5) is 5.69 Å². The summed E-state index contributed by atoms with van der Waals surface area (Å²) in [7, 11) is -2.24. The summed E-state index contributed by atoms with van der Waals surface area (Å²) >= 11 is 6.07. The first-order valence-electron chi connectivity index (χ1n) is 8.27. The van der Waals surface area contributed by atoms with Crippen molar-refractivity contribution in [1.82, 2.24) is 9.36 Å². The van der Waals surface area contributed by atoms with Crippen LogP contribution >= 0.6 is 11.6 Å². The Morgan fingerprint density at radius 1 is 1.00 bits per heavy atom. The number of rotatable bonds is 4. The molecule has 0 bridgehead atoms. The average Bonchev–Trinajstić information content (AvgIpc) is 2.82. The Morgan fingerprint density at radius 2 is 1.63 bits per heavy atom. The molecule has 0 unspecified atom stereocenters. The van der Waals surface area contributed by atoms with Crippen molar-refractivity contribution >= 4 is 27.3 Å². The molecule has 6 nitrogen and oxygen atoms in total. The first kappa shape index (κ1) is 19.3. The van der Waals surface area contributed by atoms with E-state index in [0.29, 0.717) is 27.5 Å². The number of hydrogen-bond acceptors (Lipinski definition) is 3. The van der Waals surface area contributed by atoms with Crippen molar-refractivity contribution in [3.8, 4) is 5.69 Å². The van der Waals surface area contributed by atoms with E-state index in [1.54, 1.807) is 50.7 Å². The second-order valence-electron chi connectivity index (χ2n) is 6.41. The van der Waals surface area contributed by atoms with Crippen molar-refractivity contribution in [3.63, 3.8) is 0 Å². The summed E-state index contributed by atoms with van der Waals surface area (Å²) in [6.45, 7) is 5.09. The van der Waals surface area contributed by atoms with Crippen LogP contribution in [-0.2, 0) is 17.1 Å². The lowest BCUT2D eigenvalue weighted by Crippen LogP contribution is -2.23. The molecule has 0 amide bonds. The summed E-state index contributed by atoms with van der Waals surface area (Å²) in [6, 6.07) is 12.2. The molecule has 1 heterocycles. The van der Waals surface area contributed by atoms with Crippen LogP contribution in [0.3, 0.4) is 0 Å². The normalized spacial score (nSPS) is 11.6. The molecule has 0 radical (unpaired) electrons. The number of aromatic nitrogens is 2. The summed E-state index contributed by atoms with van der Waals surface area (Å²) in [6.07, 6.45) is 0. The molecule has 3 rings (SSSR count). The molecule has 0 saturated heterocycles. The van der Waals surface area contributed by atoms with Crippen LogP contribution in [0.25, 0.3) is 5.69 Å². The molecule has 27 heavy (non-hydrogen) atoms. The first-order chi connectivity index (χ1) is 12.6. The minimum Gasteiger partial charge on any atom is -0.283 e. The van der Waals surface area contributed by atoms with Gasteiger partial charge in [0.15, 0.2) is 0 Å². The molecule has 0 aliphatic carbocycles. The summed E-state index contributed by atoms with van der Waals surface area (Å²) in [5.74, 6) is 0. The Bertz CT molecular complexity index is 1180. The third-order valence-electron chi connectivity index (χ3n) is 4.54. The van der Waals surface area contributed by atoms with Crippen molar-refractivity contribution in [2.24, 2.45) is 7.05 Å². The zero-order valence-electron chi connectivity index (χ0n) is 15.4. The van der Waals surface area contributed by atoms with Crippen LogP contribution in [0, 0.1) is 20.8 Å². The highest BCUT2D eigenvalue weighted by Crippen LogP contribution is 2.26. The molecule has 8 heteroatoms. The van der Waals surface area contributed by atoms with E-state index in [1.807, 2.05) is 18.2 Å². The molecule has 0 atom stereocenters. The number of hydrogen-bond donors (Lipinski definition) is 1. The van der Waals surface area contributed by atoms with E-state index in [4.69, 9.17) is 11.6 Å². The molecular formula is C19H20ClN3O3S. The fourth-order valence-electron chi connectivity index (χ4n) is 2.92. The lowest BCUT2D eigenvalue weighted by Gasteiger charge is -2.11. The highest BCUT2D eigenvalue weighted by atomic mass is 35.5. The number of nitrogens with zero attached hydrogens (tertiary/aromatic N) is 2. The topological polar surface area (TPSA) is 73.1 Å². The minimum absolute atomic E-state index is 0.0216. The van der Waals surface area contributed by atoms with Gasteiger partial charge in [-0.15, -0.1) is 0 Å². The number of para-hydroxylation sites is 1. The van der Waals surface area contributed by atoms with E-state index < -0.39 is 15.6 Å². The zero-order valence-corrected chi connectivity index (χ0v) is 17.0. The van der Waals surface area contributed by atoms with E-state index in [-0.39, 0.29) is 10.6 Å². The first-order valence-corrected chi connectivity index (χ1v) is 10.1. The van der Waals surface area contributed by atoms with Crippen LogP contribution in [-0.4, -0.2) is 17.8 Å². The quantitative estimate of drug-likeness (QED) is 0.721. The van der Waals surface area contributed by atoms with Crippen LogP contribution in [0.15, 0.2) is 52.2 Å². The van der Waals surface area contributed by atoms with E-state index in [9.17, 15) is 13.2 Å². The van der Waals surface area contributed by atoms with E-state index in [1.165, 1.54) is 10.7 Å². The van der Waals surface area contributed by atoms with Gasteiger partial charge in [-0.25, -0.2) is 13.1 Å². The highest BCUT2D eigenvalue weighted by molar-refractivity contribution is 7.92. The molecule has 0 fully saturated rings. The Morgan fingerprint density at radius 3 is 2.26 bits per heavy atom. The fourth-order valence-corrected chi connectivity index (χ4v) is 4.57. The molecule has 142 valence electrons. The van der Waals surface area contributed by atoms with Gasteiger partial charge >= 0.3 is 0 Å². The van der Waals surface area contributed by atoms with Gasteiger partial charge in [-0.3, -0.25) is 14.2 Å². The van der Waals surface area contributed by atoms with E-state index >= 15 is 0 Å². The SMILES string of the molecule is Cc1cc(S(=O)(=O)Nc2c(C)n(C)n(-c3ccccc3)c2=O)c(C)cc1Cl. The third kappa shape index (κ3) is 3.40. The Hall–Kier alpha value is -2.51. The molecule has 0 aliphatic heterocycles. The molecule has 1 N–H and O–H groups in total. The number of nitrogens with one attached hydrogen (secondary N) is 1. The molecule has 0 spiro atoms. The molecule has 0 aliphatic rings. The third-order valence-corrected chi connectivity index (χ3v) is 6.44. The molecule has 2 aromatic carbocycles. The standard InChI is InChI=1S/C19H20ClN3O3S/c1-12-11-17(13(2)10-16(12)20)27(25,26)21-18-14(3)22(4)23(19(18)24)15-8-6-5-7-9-15/h5-11,21H,1-4H3. The maximum atomic E-state index is 12.9. The van der Waals surface area contributed by atoms with Crippen molar-refractivity contribution in [1.29, 1.82) is 0 Å². The largest absolute Gasteiger partial charge is 0.296 e. The van der Waals surface area contributed by atoms with Crippen LogP contribution < -0.4 is 10.3 Å². The Balaban J connectivity index is 2.12. The van der Waals surface area contributed by atoms with Crippen LogP contribution in [0.1, 0.15) is 16.8 Å². The minimum atomic E-state index is -3.95. The summed E-state index contributed by atoms with van der Waals surface area (Å²) in [5.41, 5.74) is 1.90. The zero-order chi connectivity index (χ0) is 19.9. The number of sulfonamides is 1. The molecule has 3 aromatic rings. The van der Waals surface area contributed by atoms with Crippen molar-refractivity contribution in [2.75, 3.05) is 4.72 Å². The van der Waals surface area contributed by atoms with Crippen molar-refractivity contribution in [3.05, 3.63) is 74.7 Å². The molecule has 1 aromatic heterocycles. The van der Waals surface area contributed by atoms with Gasteiger partial charge in [-0.2, -0.15) is 0 Å². The van der Waals surface area contributed by atoms with Gasteiger partial charge in [0, 0.05) is 12.1 Å². The number of aryl methyl sites for hydroxylation is 2. The number of halogens is 1. The predicted molar refractivity (Wildman–Crippen MR) is 107 cm³/mol. The summed E-state index contributed by atoms with van der Waals surface area (Å²) in [5, 5.41) is 0.494. The fraction of sp³-hybridized carbons (Fsp3) is 0.211. The lowest BCUT2D eigenvalue weighted by atomic mass is 10.2. The predicted octanol–water partition coefficient (Wildman–Crippen LogP) is 3.56. The van der Waals surface area contributed by atoms with Gasteiger partial charge in [0.1, 0.15) is 5.69 Å². The number of anilines is 1. The summed E-state index contributed by atoms with van der Waals surface area (Å²) < 4.78 is 31.4. The Labute approximate surface area is 163 Å². The molecule has 0 saturated carbocycles. The second-order valence-corrected chi connectivity index (χ2v) is 8.47. The smallest absolute Gasteiger partial charge is 0.283 e. The highest BCUT2D eigenvalue weighted by Gasteiger charge is 2.24. The van der Waals surface area contributed by atoms with Crippen molar-refractivity contribution < 1.29 is 8.42 Å². The van der Waals surface area contributed by atoms with Gasteiger partial charge < -0.3 is 0 Å². The van der Waals surface area contributed by atoms with Gasteiger partial charge in [0.2, 0.25) is 0 Å². The van der Waals surface area contributed by atoms with Gasteiger partial charge in [-0.05, 0) is 56.2 Å². The lowest BCUT2D eigenvalue weighted by molar-refractivity contribution is 0.600. The second kappa shape index (κ2) is 6.90. The van der Waals surface area contributed by atoms with Crippen molar-refractivity contribution in [2.45, 2.75) is 25.7 Å². The molecular weight excluding hydrogens is 386 g/mol. The van der Waals surface area contributed by atoms with Gasteiger partial charge in [-0.1, -0.05) is 29.8 Å². The maximum absolute atomic E-state index is 12.9. The van der Waals surface area contributed by atoms with E-state index in [0.717, 1.165) is 0 Å². The van der Waals surface area contributed by atoms with E-state index in [2.05, 4.69) is 4.72 Å². The van der Waals surface area contributed by atoms with Crippen LogP contribution in [0.2, 0.25) is 5.02 Å². The van der Waals surface area contributed by atoms with Gasteiger partial charge in [0.25, 0.3) is 15.6 Å². The Kier molecular flexibility index (Phi) is 4.92. The summed E-state index contributed by atoms with van der Waals surface area (Å²) in [4.78, 5) is 13.0. The maximum Gasteiger partial charge on any atom is 0.296 e. The number of benzene rings is 2. The average molecular weight is 406 g/mol.